The van der Waals surface area contributed by atoms with Crippen LogP contribution >= 0.6 is 0 Å². The van der Waals surface area contributed by atoms with Crippen LogP contribution in [-0.4, -0.2) is 19.5 Å². The Kier molecular flexibility index (Phi) is 7.10. The predicted octanol–water partition coefficient (Wildman–Crippen LogP) is 11.3. The molecule has 0 aliphatic rings. The molecule has 9 rings (SSSR count). The summed E-state index contributed by atoms with van der Waals surface area (Å²) in [4.78, 5) is 14.9. The summed E-state index contributed by atoms with van der Waals surface area (Å²) in [5, 5.41) is 2.46. The van der Waals surface area contributed by atoms with Gasteiger partial charge in [-0.2, -0.15) is 0 Å². The van der Waals surface area contributed by atoms with Crippen molar-refractivity contribution in [2.45, 2.75) is 0 Å². The monoisotopic (exact) mass is 626 g/mol. The van der Waals surface area contributed by atoms with Crippen molar-refractivity contribution >= 4 is 21.8 Å². The fraction of sp³-hybridized carbons (Fsp3) is 0. The fourth-order valence-corrected chi connectivity index (χ4v) is 6.61. The van der Waals surface area contributed by atoms with Crippen molar-refractivity contribution in [3.63, 3.8) is 0 Å². The number of nitrogens with zero attached hydrogens (tertiary/aromatic N) is 4. The van der Waals surface area contributed by atoms with Gasteiger partial charge in [-0.1, -0.05) is 140 Å². The van der Waals surface area contributed by atoms with Gasteiger partial charge in [0.1, 0.15) is 0 Å². The molecule has 9 aromatic rings. The minimum absolute atomic E-state index is 0.636. The van der Waals surface area contributed by atoms with Crippen LogP contribution in [0.25, 0.3) is 83.9 Å². The van der Waals surface area contributed by atoms with Crippen molar-refractivity contribution in [2.24, 2.45) is 0 Å². The summed E-state index contributed by atoms with van der Waals surface area (Å²) in [6.07, 6.45) is 0. The van der Waals surface area contributed by atoms with Crippen LogP contribution in [0.3, 0.4) is 0 Å². The summed E-state index contributed by atoms with van der Waals surface area (Å²) in [7, 11) is 0. The molecular weight excluding hydrogens is 597 g/mol. The molecule has 4 nitrogen and oxygen atoms in total. The van der Waals surface area contributed by atoms with Crippen molar-refractivity contribution in [3.05, 3.63) is 182 Å². The molecular formula is C45H30N4. The summed E-state index contributed by atoms with van der Waals surface area (Å²) < 4.78 is 2.34. The van der Waals surface area contributed by atoms with Crippen molar-refractivity contribution in [2.75, 3.05) is 0 Å². The molecule has 4 heteroatoms. The molecule has 0 aliphatic carbocycles. The van der Waals surface area contributed by atoms with Crippen LogP contribution in [-0.2, 0) is 0 Å². The van der Waals surface area contributed by atoms with Gasteiger partial charge < -0.3 is 4.57 Å². The first-order chi connectivity index (χ1) is 24.3. The number of aromatic nitrogens is 4. The zero-order chi connectivity index (χ0) is 32.6. The number of benzene rings is 7. The lowest BCUT2D eigenvalue weighted by molar-refractivity contribution is 1.07. The highest BCUT2D eigenvalue weighted by molar-refractivity contribution is 6.10. The first-order valence-corrected chi connectivity index (χ1v) is 16.5. The van der Waals surface area contributed by atoms with Gasteiger partial charge in [-0.05, 0) is 64.7 Å². The Bertz CT molecular complexity index is 2560. The third kappa shape index (κ3) is 5.35. The molecule has 0 aliphatic heterocycles. The van der Waals surface area contributed by atoms with Gasteiger partial charge in [0, 0.05) is 33.2 Å². The number of rotatable bonds is 6. The van der Waals surface area contributed by atoms with E-state index in [1.807, 2.05) is 36.4 Å². The third-order valence-corrected chi connectivity index (χ3v) is 9.08. The van der Waals surface area contributed by atoms with Crippen molar-refractivity contribution in [1.29, 1.82) is 0 Å². The van der Waals surface area contributed by atoms with Crippen molar-refractivity contribution in [1.82, 2.24) is 19.5 Å². The van der Waals surface area contributed by atoms with E-state index in [9.17, 15) is 0 Å². The second-order valence-electron chi connectivity index (χ2n) is 12.1. The lowest BCUT2D eigenvalue weighted by Crippen LogP contribution is -2.00. The lowest BCUT2D eigenvalue weighted by atomic mass is 10.0. The summed E-state index contributed by atoms with van der Waals surface area (Å²) in [6, 6.07) is 63.4. The first kappa shape index (κ1) is 28.6. The zero-order valence-corrected chi connectivity index (χ0v) is 26.6. The molecule has 0 atom stereocenters. The smallest absolute Gasteiger partial charge is 0.164 e. The van der Waals surface area contributed by atoms with Crippen LogP contribution in [0.15, 0.2) is 182 Å². The van der Waals surface area contributed by atoms with Gasteiger partial charge in [-0.15, -0.1) is 0 Å². The normalized spacial score (nSPS) is 11.3. The van der Waals surface area contributed by atoms with Crippen LogP contribution in [0.5, 0.6) is 0 Å². The zero-order valence-electron chi connectivity index (χ0n) is 26.6. The van der Waals surface area contributed by atoms with E-state index in [-0.39, 0.29) is 0 Å². The molecule has 49 heavy (non-hydrogen) atoms. The molecule has 0 N–H and O–H groups in total. The molecule has 0 fully saturated rings. The van der Waals surface area contributed by atoms with Crippen molar-refractivity contribution in [3.8, 4) is 62.1 Å². The Morgan fingerprint density at radius 1 is 0.286 bits per heavy atom. The van der Waals surface area contributed by atoms with Gasteiger partial charge in [-0.3, -0.25) is 0 Å². The minimum Gasteiger partial charge on any atom is -0.309 e. The molecule has 0 bridgehead atoms. The molecule has 230 valence electrons. The average molecular weight is 627 g/mol. The quantitative estimate of drug-likeness (QED) is 0.184. The molecule has 0 saturated heterocycles. The molecule has 7 aromatic carbocycles. The fourth-order valence-electron chi connectivity index (χ4n) is 6.61. The lowest BCUT2D eigenvalue weighted by Gasteiger charge is -2.11. The van der Waals surface area contributed by atoms with E-state index >= 15 is 0 Å². The number of fused-ring (bicyclic) bond motifs is 3. The Hall–Kier alpha value is -6.65. The predicted molar refractivity (Wildman–Crippen MR) is 201 cm³/mol. The van der Waals surface area contributed by atoms with E-state index < -0.39 is 0 Å². The molecule has 0 spiro atoms. The van der Waals surface area contributed by atoms with E-state index in [1.54, 1.807) is 0 Å². The number of hydrogen-bond acceptors (Lipinski definition) is 3. The van der Waals surface area contributed by atoms with Gasteiger partial charge in [0.15, 0.2) is 17.5 Å². The largest absolute Gasteiger partial charge is 0.309 e. The maximum absolute atomic E-state index is 5.00. The van der Waals surface area contributed by atoms with E-state index in [4.69, 9.17) is 15.0 Å². The van der Waals surface area contributed by atoms with E-state index in [1.165, 1.54) is 38.5 Å². The van der Waals surface area contributed by atoms with Crippen molar-refractivity contribution < 1.29 is 0 Å². The van der Waals surface area contributed by atoms with Gasteiger partial charge in [0.05, 0.1) is 11.0 Å². The van der Waals surface area contributed by atoms with E-state index in [2.05, 4.69) is 150 Å². The van der Waals surface area contributed by atoms with E-state index in [0.29, 0.717) is 17.5 Å². The standard InChI is InChI=1S/C45H30N4/c1-4-12-31(13-5-1)33-20-22-35(23-21-33)44-46-43(34-16-8-3-9-17-34)47-45(48-44)36-24-27-38(28-25-36)49-41-19-11-10-18-39(41)40-30-37(26-29-42(40)49)32-14-6-2-7-15-32/h1-30H. The van der Waals surface area contributed by atoms with Crippen LogP contribution in [0.2, 0.25) is 0 Å². The summed E-state index contributed by atoms with van der Waals surface area (Å²) in [6.45, 7) is 0. The Balaban J connectivity index is 1.13. The summed E-state index contributed by atoms with van der Waals surface area (Å²) in [5.74, 6) is 1.93. The molecule has 0 amide bonds. The summed E-state index contributed by atoms with van der Waals surface area (Å²) >= 11 is 0. The summed E-state index contributed by atoms with van der Waals surface area (Å²) in [5.41, 5.74) is 11.0. The topological polar surface area (TPSA) is 43.6 Å². The molecule has 2 heterocycles. The Labute approximate surface area is 284 Å². The Morgan fingerprint density at radius 2 is 0.673 bits per heavy atom. The maximum Gasteiger partial charge on any atom is 0.164 e. The van der Waals surface area contributed by atoms with Crippen LogP contribution < -0.4 is 0 Å². The molecule has 0 saturated carbocycles. The van der Waals surface area contributed by atoms with Crippen LogP contribution in [0, 0.1) is 0 Å². The average Bonchev–Trinajstić information content (AvgIpc) is 3.52. The van der Waals surface area contributed by atoms with E-state index in [0.717, 1.165) is 27.9 Å². The molecule has 2 aromatic heterocycles. The van der Waals surface area contributed by atoms with Gasteiger partial charge in [-0.25, -0.2) is 15.0 Å². The molecule has 0 unspecified atom stereocenters. The van der Waals surface area contributed by atoms with Crippen LogP contribution in [0.1, 0.15) is 0 Å². The second kappa shape index (κ2) is 12.2. The number of para-hydroxylation sites is 1. The minimum atomic E-state index is 0.636. The first-order valence-electron chi connectivity index (χ1n) is 16.5. The second-order valence-corrected chi connectivity index (χ2v) is 12.1. The SMILES string of the molecule is c1ccc(-c2ccc(-c3nc(-c4ccccc4)nc(-c4ccc(-n5c6ccccc6c6cc(-c7ccccc7)ccc65)cc4)n3)cc2)cc1. The number of hydrogen-bond donors (Lipinski definition) is 0. The molecule has 0 radical (unpaired) electrons. The van der Waals surface area contributed by atoms with Gasteiger partial charge in [0.2, 0.25) is 0 Å². The van der Waals surface area contributed by atoms with Gasteiger partial charge in [0.25, 0.3) is 0 Å². The Morgan fingerprint density at radius 3 is 1.27 bits per heavy atom. The highest BCUT2D eigenvalue weighted by atomic mass is 15.0. The maximum atomic E-state index is 5.00. The third-order valence-electron chi connectivity index (χ3n) is 9.08. The highest BCUT2D eigenvalue weighted by Crippen LogP contribution is 2.35. The van der Waals surface area contributed by atoms with Crippen LogP contribution in [0.4, 0.5) is 0 Å². The van der Waals surface area contributed by atoms with Gasteiger partial charge >= 0.3 is 0 Å². The highest BCUT2D eigenvalue weighted by Gasteiger charge is 2.15.